The molecule has 1 saturated carbocycles. The van der Waals surface area contributed by atoms with E-state index in [9.17, 15) is 17.6 Å². The first-order chi connectivity index (χ1) is 9.73. The number of hydrogen-bond acceptors (Lipinski definition) is 3. The van der Waals surface area contributed by atoms with E-state index in [1.807, 2.05) is 6.92 Å². The Morgan fingerprint density at radius 1 is 1.38 bits per heavy atom. The zero-order valence-electron chi connectivity index (χ0n) is 11.5. The Hall–Kier alpha value is -1.14. The van der Waals surface area contributed by atoms with Crippen molar-refractivity contribution < 1.29 is 22.7 Å². The van der Waals surface area contributed by atoms with Crippen LogP contribution in [0.1, 0.15) is 43.0 Å². The summed E-state index contributed by atoms with van der Waals surface area (Å²) in [5.41, 5.74) is -0.718. The minimum absolute atomic E-state index is 0.101. The van der Waals surface area contributed by atoms with Crippen LogP contribution in [0.3, 0.4) is 0 Å². The van der Waals surface area contributed by atoms with E-state index in [-0.39, 0.29) is 10.9 Å². The van der Waals surface area contributed by atoms with Crippen molar-refractivity contribution in [2.75, 3.05) is 0 Å². The highest BCUT2D eigenvalue weighted by molar-refractivity contribution is 7.92. The molecule has 1 aliphatic carbocycles. The number of sulfone groups is 1. The van der Waals surface area contributed by atoms with Crippen LogP contribution in [-0.2, 0) is 9.84 Å². The lowest BCUT2D eigenvalue weighted by atomic mass is 9.91. The average Bonchev–Trinajstić information content (AvgIpc) is 2.40. The molecule has 1 N–H and O–H groups in total. The second kappa shape index (κ2) is 5.93. The van der Waals surface area contributed by atoms with Gasteiger partial charge in [-0.05, 0) is 30.9 Å². The van der Waals surface area contributed by atoms with Gasteiger partial charge in [-0.1, -0.05) is 31.4 Å². The lowest BCUT2D eigenvalue weighted by Crippen LogP contribution is -2.28. The molecule has 1 fully saturated rings. The van der Waals surface area contributed by atoms with Crippen molar-refractivity contribution in [3.63, 3.8) is 0 Å². The van der Waals surface area contributed by atoms with Crippen molar-refractivity contribution in [1.82, 2.24) is 0 Å². The Bertz CT molecular complexity index is 672. The Labute approximate surface area is 127 Å². The molecule has 1 aliphatic rings. The quantitative estimate of drug-likeness (QED) is 0.917. The summed E-state index contributed by atoms with van der Waals surface area (Å²) in [7, 11) is -3.93. The highest BCUT2D eigenvalue weighted by Gasteiger charge is 2.35. The molecule has 4 nitrogen and oxygen atoms in total. The van der Waals surface area contributed by atoms with Crippen molar-refractivity contribution in [3.05, 3.63) is 28.5 Å². The van der Waals surface area contributed by atoms with E-state index >= 15 is 0 Å². The summed E-state index contributed by atoms with van der Waals surface area (Å²) >= 11 is 5.75. The van der Waals surface area contributed by atoms with Gasteiger partial charge < -0.3 is 5.11 Å². The molecule has 2 rings (SSSR count). The van der Waals surface area contributed by atoms with Gasteiger partial charge in [-0.3, -0.25) is 0 Å². The largest absolute Gasteiger partial charge is 0.478 e. The second-order valence-electron chi connectivity index (χ2n) is 5.51. The summed E-state index contributed by atoms with van der Waals surface area (Å²) in [6.07, 6.45) is 2.63. The predicted octanol–water partition coefficient (Wildman–Crippen LogP) is 3.53. The van der Waals surface area contributed by atoms with Crippen molar-refractivity contribution in [1.29, 1.82) is 0 Å². The van der Waals surface area contributed by atoms with Gasteiger partial charge in [-0.15, -0.1) is 0 Å². The van der Waals surface area contributed by atoms with Crippen LogP contribution in [0.15, 0.2) is 17.0 Å². The van der Waals surface area contributed by atoms with Gasteiger partial charge in [0.25, 0.3) is 0 Å². The Balaban J connectivity index is 2.52. The minimum Gasteiger partial charge on any atom is -0.478 e. The topological polar surface area (TPSA) is 71.4 Å². The Morgan fingerprint density at radius 3 is 2.62 bits per heavy atom. The fraction of sp³-hybridized carbons (Fsp3) is 0.500. The van der Waals surface area contributed by atoms with Gasteiger partial charge in [0.05, 0.1) is 10.8 Å². The number of rotatable bonds is 3. The van der Waals surface area contributed by atoms with E-state index in [0.29, 0.717) is 12.8 Å². The summed E-state index contributed by atoms with van der Waals surface area (Å²) < 4.78 is 39.4. The van der Waals surface area contributed by atoms with E-state index in [1.54, 1.807) is 0 Å². The van der Waals surface area contributed by atoms with Crippen LogP contribution in [0, 0.1) is 11.7 Å². The maximum atomic E-state index is 14.2. The summed E-state index contributed by atoms with van der Waals surface area (Å²) in [6.45, 7) is 1.96. The first kappa shape index (κ1) is 16.2. The smallest absolute Gasteiger partial charge is 0.338 e. The van der Waals surface area contributed by atoms with Gasteiger partial charge in [0, 0.05) is 5.02 Å². The van der Waals surface area contributed by atoms with Crippen LogP contribution in [0.2, 0.25) is 5.02 Å². The molecule has 0 aromatic heterocycles. The van der Waals surface area contributed by atoms with Crippen molar-refractivity contribution in [2.45, 2.75) is 42.8 Å². The van der Waals surface area contributed by atoms with Gasteiger partial charge in [0.1, 0.15) is 4.90 Å². The zero-order valence-corrected chi connectivity index (χ0v) is 13.0. The number of halogens is 2. The van der Waals surface area contributed by atoms with Crippen LogP contribution < -0.4 is 0 Å². The Kier molecular flexibility index (Phi) is 4.58. The molecule has 0 amide bonds. The van der Waals surface area contributed by atoms with E-state index in [1.165, 1.54) is 0 Å². The van der Waals surface area contributed by atoms with E-state index in [2.05, 4.69) is 0 Å². The highest BCUT2D eigenvalue weighted by atomic mass is 35.5. The van der Waals surface area contributed by atoms with Gasteiger partial charge in [0.2, 0.25) is 0 Å². The standard InChI is InChI=1S/C14H16ClFO4S/c1-8-3-2-4-10(5-8)21(19,20)12-7-9(15)6-11(13(12)16)14(17)18/h6-8,10H,2-5H2,1H3,(H,17,18). The maximum Gasteiger partial charge on any atom is 0.338 e. The van der Waals surface area contributed by atoms with Crippen LogP contribution in [0.4, 0.5) is 4.39 Å². The molecule has 0 radical (unpaired) electrons. The fourth-order valence-electron chi connectivity index (χ4n) is 2.77. The number of benzene rings is 1. The number of carboxylic acid groups (broad SMARTS) is 1. The molecular weight excluding hydrogens is 319 g/mol. The molecule has 0 bridgehead atoms. The van der Waals surface area contributed by atoms with Gasteiger partial charge in [0.15, 0.2) is 15.7 Å². The molecule has 21 heavy (non-hydrogen) atoms. The molecule has 0 spiro atoms. The molecule has 1 aromatic rings. The van der Waals surface area contributed by atoms with Crippen LogP contribution in [-0.4, -0.2) is 24.7 Å². The number of aromatic carboxylic acids is 1. The van der Waals surface area contributed by atoms with Crippen molar-refractivity contribution in [3.8, 4) is 0 Å². The van der Waals surface area contributed by atoms with Gasteiger partial charge in [-0.25, -0.2) is 17.6 Å². The third kappa shape index (κ3) is 3.21. The molecule has 7 heteroatoms. The summed E-state index contributed by atoms with van der Waals surface area (Å²) in [5, 5.41) is 8.15. The number of hydrogen-bond donors (Lipinski definition) is 1. The molecule has 116 valence electrons. The normalized spacial score (nSPS) is 23.0. The predicted molar refractivity (Wildman–Crippen MR) is 77.0 cm³/mol. The van der Waals surface area contributed by atoms with Gasteiger partial charge in [-0.2, -0.15) is 0 Å². The zero-order chi connectivity index (χ0) is 15.8. The van der Waals surface area contributed by atoms with E-state index in [4.69, 9.17) is 16.7 Å². The second-order valence-corrected chi connectivity index (χ2v) is 8.14. The SMILES string of the molecule is CC1CCCC(S(=O)(=O)c2cc(Cl)cc(C(=O)O)c2F)C1. The molecule has 2 unspecified atom stereocenters. The first-order valence-corrected chi connectivity index (χ1v) is 8.62. The molecule has 0 saturated heterocycles. The van der Waals surface area contributed by atoms with E-state index < -0.39 is 37.3 Å². The third-order valence-electron chi connectivity index (χ3n) is 3.87. The Morgan fingerprint density at radius 2 is 2.05 bits per heavy atom. The molecule has 1 aromatic carbocycles. The monoisotopic (exact) mass is 334 g/mol. The molecule has 0 heterocycles. The maximum absolute atomic E-state index is 14.2. The third-order valence-corrected chi connectivity index (χ3v) is 6.30. The van der Waals surface area contributed by atoms with Crippen molar-refractivity contribution in [2.24, 2.45) is 5.92 Å². The minimum atomic E-state index is -3.93. The summed E-state index contributed by atoms with van der Waals surface area (Å²) in [6, 6.07) is 1.92. The van der Waals surface area contributed by atoms with E-state index in [0.717, 1.165) is 25.0 Å². The van der Waals surface area contributed by atoms with Crippen LogP contribution >= 0.6 is 11.6 Å². The van der Waals surface area contributed by atoms with Gasteiger partial charge >= 0.3 is 5.97 Å². The number of carbonyl (C=O) groups is 1. The summed E-state index contributed by atoms with van der Waals surface area (Å²) in [5.74, 6) is -2.52. The van der Waals surface area contributed by atoms with Crippen LogP contribution in [0.5, 0.6) is 0 Å². The lowest BCUT2D eigenvalue weighted by Gasteiger charge is -2.26. The van der Waals surface area contributed by atoms with Crippen LogP contribution in [0.25, 0.3) is 0 Å². The summed E-state index contributed by atoms with van der Waals surface area (Å²) in [4.78, 5) is 10.4. The average molecular weight is 335 g/mol. The highest BCUT2D eigenvalue weighted by Crippen LogP contribution is 2.34. The fourth-order valence-corrected chi connectivity index (χ4v) is 5.12. The first-order valence-electron chi connectivity index (χ1n) is 6.69. The van der Waals surface area contributed by atoms with Crippen molar-refractivity contribution >= 4 is 27.4 Å². The molecule has 0 aliphatic heterocycles. The number of carboxylic acids is 1. The molecular formula is C14H16ClFO4S. The lowest BCUT2D eigenvalue weighted by molar-refractivity contribution is 0.0691. The molecule has 2 atom stereocenters.